The molecule has 2 heterocycles. The van der Waals surface area contributed by atoms with Crippen molar-refractivity contribution in [1.82, 2.24) is 4.98 Å². The van der Waals surface area contributed by atoms with Crippen LogP contribution in [0.5, 0.6) is 0 Å². The Kier molecular flexibility index (Phi) is 2.46. The molecule has 1 aliphatic heterocycles. The van der Waals surface area contributed by atoms with Gasteiger partial charge in [0.15, 0.2) is 0 Å². The van der Waals surface area contributed by atoms with Crippen LogP contribution < -0.4 is 10.6 Å². The molecule has 3 nitrogen and oxygen atoms in total. The molecule has 1 aromatic rings. The number of nitrogen functional groups attached to an aromatic ring is 1. The molecular weight excluding hydrogens is 200 g/mol. The summed E-state index contributed by atoms with van der Waals surface area (Å²) in [7, 11) is 0. The fraction of sp³-hybridized carbons (Fsp3) is 0.500. The van der Waals surface area contributed by atoms with E-state index in [1.54, 1.807) is 18.2 Å². The van der Waals surface area contributed by atoms with Crippen molar-refractivity contribution < 1.29 is 8.78 Å². The van der Waals surface area contributed by atoms with Gasteiger partial charge in [-0.2, -0.15) is 0 Å². The lowest BCUT2D eigenvalue weighted by Crippen LogP contribution is -2.39. The molecule has 82 valence electrons. The van der Waals surface area contributed by atoms with Crippen LogP contribution in [-0.4, -0.2) is 24.0 Å². The standard InChI is InChI=1S/C10H13F2N3/c11-10(12)4-6-15(7-5-10)9-3-1-2-8(13)14-9/h1-3H,4-7H2,(H2,13,14). The molecule has 0 atom stereocenters. The minimum Gasteiger partial charge on any atom is -0.384 e. The highest BCUT2D eigenvalue weighted by Gasteiger charge is 2.34. The van der Waals surface area contributed by atoms with Crippen molar-refractivity contribution >= 4 is 11.6 Å². The first-order valence-corrected chi connectivity index (χ1v) is 4.92. The molecule has 0 unspecified atom stereocenters. The van der Waals surface area contributed by atoms with Crippen LogP contribution in [0.2, 0.25) is 0 Å². The monoisotopic (exact) mass is 213 g/mol. The molecular formula is C10H13F2N3. The van der Waals surface area contributed by atoms with Crippen molar-refractivity contribution in [1.29, 1.82) is 0 Å². The average molecular weight is 213 g/mol. The Morgan fingerprint density at radius 2 is 1.93 bits per heavy atom. The lowest BCUT2D eigenvalue weighted by Gasteiger charge is -2.32. The van der Waals surface area contributed by atoms with Gasteiger partial charge in [0.1, 0.15) is 11.6 Å². The molecule has 5 heteroatoms. The lowest BCUT2D eigenvalue weighted by molar-refractivity contribution is -0.0221. The Balaban J connectivity index is 2.08. The van der Waals surface area contributed by atoms with Crippen molar-refractivity contribution in [2.45, 2.75) is 18.8 Å². The fourth-order valence-corrected chi connectivity index (χ4v) is 1.68. The average Bonchev–Trinajstić information content (AvgIpc) is 2.17. The predicted molar refractivity (Wildman–Crippen MR) is 55.0 cm³/mol. The molecule has 1 fully saturated rings. The van der Waals surface area contributed by atoms with E-state index in [-0.39, 0.29) is 12.8 Å². The zero-order valence-electron chi connectivity index (χ0n) is 8.29. The van der Waals surface area contributed by atoms with Crippen LogP contribution >= 0.6 is 0 Å². The van der Waals surface area contributed by atoms with E-state index < -0.39 is 5.92 Å². The number of nitrogens with two attached hydrogens (primary N) is 1. The van der Waals surface area contributed by atoms with Crippen LogP contribution in [0.15, 0.2) is 18.2 Å². The molecule has 15 heavy (non-hydrogen) atoms. The van der Waals surface area contributed by atoms with Gasteiger partial charge < -0.3 is 10.6 Å². The van der Waals surface area contributed by atoms with E-state index in [4.69, 9.17) is 5.73 Å². The topological polar surface area (TPSA) is 42.1 Å². The van der Waals surface area contributed by atoms with Gasteiger partial charge in [-0.15, -0.1) is 0 Å². The normalized spacial score (nSPS) is 20.3. The molecule has 2 N–H and O–H groups in total. The maximum Gasteiger partial charge on any atom is 0.251 e. The third-order valence-corrected chi connectivity index (χ3v) is 2.57. The summed E-state index contributed by atoms with van der Waals surface area (Å²) in [4.78, 5) is 5.94. The van der Waals surface area contributed by atoms with Gasteiger partial charge in [-0.05, 0) is 12.1 Å². The lowest BCUT2D eigenvalue weighted by atomic mass is 10.1. The van der Waals surface area contributed by atoms with Gasteiger partial charge in [0.2, 0.25) is 0 Å². The van der Waals surface area contributed by atoms with Crippen molar-refractivity contribution in [3.63, 3.8) is 0 Å². The molecule has 0 amide bonds. The number of nitrogens with zero attached hydrogens (tertiary/aromatic N) is 2. The number of pyridine rings is 1. The first-order chi connectivity index (χ1) is 7.07. The van der Waals surface area contributed by atoms with Crippen LogP contribution in [0.25, 0.3) is 0 Å². The summed E-state index contributed by atoms with van der Waals surface area (Å²) >= 11 is 0. The first-order valence-electron chi connectivity index (χ1n) is 4.92. The van der Waals surface area contributed by atoms with Gasteiger partial charge in [0.25, 0.3) is 5.92 Å². The molecule has 1 aromatic heterocycles. The second kappa shape index (κ2) is 3.64. The molecule has 1 aliphatic rings. The molecule has 0 bridgehead atoms. The second-order valence-corrected chi connectivity index (χ2v) is 3.76. The Morgan fingerprint density at radius 3 is 2.53 bits per heavy atom. The van der Waals surface area contributed by atoms with Crippen LogP contribution in [0.4, 0.5) is 20.4 Å². The van der Waals surface area contributed by atoms with E-state index in [9.17, 15) is 8.78 Å². The van der Waals surface area contributed by atoms with Gasteiger partial charge in [-0.1, -0.05) is 6.07 Å². The number of hydrogen-bond donors (Lipinski definition) is 1. The van der Waals surface area contributed by atoms with E-state index in [0.29, 0.717) is 24.7 Å². The smallest absolute Gasteiger partial charge is 0.251 e. The summed E-state index contributed by atoms with van der Waals surface area (Å²) in [6, 6.07) is 5.26. The molecule has 0 aliphatic carbocycles. The van der Waals surface area contributed by atoms with Gasteiger partial charge >= 0.3 is 0 Å². The van der Waals surface area contributed by atoms with Crippen LogP contribution in [0.1, 0.15) is 12.8 Å². The summed E-state index contributed by atoms with van der Waals surface area (Å²) in [6.45, 7) is 0.674. The molecule has 0 aromatic carbocycles. The quantitative estimate of drug-likeness (QED) is 0.774. The van der Waals surface area contributed by atoms with E-state index in [2.05, 4.69) is 4.98 Å². The third-order valence-electron chi connectivity index (χ3n) is 2.57. The van der Waals surface area contributed by atoms with Gasteiger partial charge in [-0.25, -0.2) is 13.8 Å². The Hall–Kier alpha value is -1.39. The summed E-state index contributed by atoms with van der Waals surface area (Å²) < 4.78 is 25.8. The maximum atomic E-state index is 12.9. The molecule has 0 saturated carbocycles. The first kappa shape index (κ1) is 10.1. The third kappa shape index (κ3) is 2.34. The van der Waals surface area contributed by atoms with Crippen LogP contribution in [0.3, 0.4) is 0 Å². The summed E-state index contributed by atoms with van der Waals surface area (Å²) in [6.07, 6.45) is -0.215. The highest BCUT2D eigenvalue weighted by atomic mass is 19.3. The number of aromatic nitrogens is 1. The van der Waals surface area contributed by atoms with E-state index >= 15 is 0 Å². The number of alkyl halides is 2. The maximum absolute atomic E-state index is 12.9. The SMILES string of the molecule is Nc1cccc(N2CCC(F)(F)CC2)n1. The van der Waals surface area contributed by atoms with Gasteiger partial charge in [0, 0.05) is 25.9 Å². The zero-order chi connectivity index (χ0) is 10.9. The molecule has 2 rings (SSSR count). The molecule has 0 spiro atoms. The largest absolute Gasteiger partial charge is 0.384 e. The molecule has 0 radical (unpaired) electrons. The minimum atomic E-state index is -2.52. The minimum absolute atomic E-state index is 0.108. The van der Waals surface area contributed by atoms with Crippen LogP contribution in [-0.2, 0) is 0 Å². The summed E-state index contributed by atoms with van der Waals surface area (Å²) in [5, 5.41) is 0. The zero-order valence-corrected chi connectivity index (χ0v) is 8.29. The van der Waals surface area contributed by atoms with E-state index in [0.717, 1.165) is 0 Å². The van der Waals surface area contributed by atoms with Crippen molar-refractivity contribution in [2.24, 2.45) is 0 Å². The highest BCUT2D eigenvalue weighted by molar-refractivity contribution is 5.45. The predicted octanol–water partition coefficient (Wildman–Crippen LogP) is 1.90. The second-order valence-electron chi connectivity index (χ2n) is 3.76. The summed E-state index contributed by atoms with van der Waals surface area (Å²) in [5.41, 5.74) is 5.53. The van der Waals surface area contributed by atoms with Gasteiger partial charge in [-0.3, -0.25) is 0 Å². The Labute approximate surface area is 86.9 Å². The number of piperidine rings is 1. The van der Waals surface area contributed by atoms with Crippen LogP contribution in [0, 0.1) is 0 Å². The fourth-order valence-electron chi connectivity index (χ4n) is 1.68. The Morgan fingerprint density at radius 1 is 1.27 bits per heavy atom. The number of anilines is 2. The van der Waals surface area contributed by atoms with E-state index in [1.165, 1.54) is 0 Å². The highest BCUT2D eigenvalue weighted by Crippen LogP contribution is 2.29. The number of rotatable bonds is 1. The number of hydrogen-bond acceptors (Lipinski definition) is 3. The van der Waals surface area contributed by atoms with Crippen molar-refractivity contribution in [2.75, 3.05) is 23.7 Å². The van der Waals surface area contributed by atoms with Gasteiger partial charge in [0.05, 0.1) is 0 Å². The molecule has 1 saturated heterocycles. The van der Waals surface area contributed by atoms with Crippen molar-refractivity contribution in [3.8, 4) is 0 Å². The van der Waals surface area contributed by atoms with Crippen molar-refractivity contribution in [3.05, 3.63) is 18.2 Å². The van der Waals surface area contributed by atoms with E-state index in [1.807, 2.05) is 4.90 Å². The number of halogens is 2. The Bertz CT molecular complexity index is 344. The summed E-state index contributed by atoms with van der Waals surface area (Å²) in [5.74, 6) is -1.41.